The van der Waals surface area contributed by atoms with E-state index in [9.17, 15) is 36.0 Å². The minimum absolute atomic E-state index is 0.00626. The Kier molecular flexibility index (Phi) is 8.33. The highest BCUT2D eigenvalue weighted by molar-refractivity contribution is 8.18. The van der Waals surface area contributed by atoms with Crippen LogP contribution < -0.4 is 4.72 Å². The lowest BCUT2D eigenvalue weighted by Crippen LogP contribution is -2.46. The van der Waals surface area contributed by atoms with Crippen molar-refractivity contribution in [3.8, 4) is 0 Å². The molecule has 222 valence electrons. The van der Waals surface area contributed by atoms with Crippen molar-refractivity contribution < 1.29 is 36.0 Å². The molecule has 10 nitrogen and oxygen atoms in total. The Morgan fingerprint density at radius 2 is 1.81 bits per heavy atom. The molecule has 5 rings (SSSR count). The maximum absolute atomic E-state index is 13.6. The molecule has 0 radical (unpaired) electrons. The van der Waals surface area contributed by atoms with E-state index >= 15 is 0 Å². The fraction of sp³-hybridized carbons (Fsp3) is 0.280. The molecule has 2 fully saturated rings. The molecular weight excluding hydrogens is 642 g/mol. The van der Waals surface area contributed by atoms with Crippen molar-refractivity contribution in [3.05, 3.63) is 68.2 Å². The Hall–Kier alpha value is -3.11. The molecule has 2 aliphatic heterocycles. The molecule has 1 N–H and O–H groups in total. The number of hydrogen-bond acceptors (Lipinski definition) is 7. The highest BCUT2D eigenvalue weighted by atomic mass is 35.5. The number of benzene rings is 2. The SMILES string of the molecule is O=C(CN1C(=O)SC(=Cc2ccc3c(c2)c(Cl)nn3Cc2ccc(Cl)cc2C(F)(F)F)C1=O)NS(=O)(=O)N1CCCC1. The predicted molar refractivity (Wildman–Crippen MR) is 151 cm³/mol. The van der Waals surface area contributed by atoms with E-state index in [1.54, 1.807) is 18.2 Å². The van der Waals surface area contributed by atoms with Gasteiger partial charge < -0.3 is 0 Å². The second-order valence-corrected chi connectivity index (χ2v) is 12.9. The van der Waals surface area contributed by atoms with Crippen LogP contribution in [-0.2, 0) is 32.5 Å². The lowest BCUT2D eigenvalue weighted by molar-refractivity contribution is -0.138. The van der Waals surface area contributed by atoms with E-state index in [4.69, 9.17) is 23.2 Å². The number of carbonyl (C=O) groups excluding carboxylic acids is 3. The first-order valence-corrected chi connectivity index (χ1v) is 15.3. The van der Waals surface area contributed by atoms with Crippen LogP contribution in [0.1, 0.15) is 29.5 Å². The average molecular weight is 662 g/mol. The zero-order valence-electron chi connectivity index (χ0n) is 21.3. The number of thioether (sulfide) groups is 1. The Bertz CT molecular complexity index is 1750. The molecule has 17 heteroatoms. The van der Waals surface area contributed by atoms with Crippen LogP contribution >= 0.6 is 35.0 Å². The number of alkyl halides is 3. The summed E-state index contributed by atoms with van der Waals surface area (Å²) < 4.78 is 69.6. The maximum atomic E-state index is 13.6. The van der Waals surface area contributed by atoms with Gasteiger partial charge in [0.05, 0.1) is 22.5 Å². The van der Waals surface area contributed by atoms with Crippen LogP contribution in [0.25, 0.3) is 17.0 Å². The van der Waals surface area contributed by atoms with E-state index in [1.807, 2.05) is 4.72 Å². The first-order chi connectivity index (χ1) is 19.7. The van der Waals surface area contributed by atoms with Gasteiger partial charge in [0.2, 0.25) is 0 Å². The van der Waals surface area contributed by atoms with Gasteiger partial charge in [-0.15, -0.1) is 0 Å². The zero-order valence-corrected chi connectivity index (χ0v) is 24.5. The Morgan fingerprint density at radius 1 is 1.10 bits per heavy atom. The van der Waals surface area contributed by atoms with Crippen molar-refractivity contribution in [2.45, 2.75) is 25.6 Å². The van der Waals surface area contributed by atoms with Crippen molar-refractivity contribution in [2.75, 3.05) is 19.6 Å². The molecular formula is C25H20Cl2F3N5O5S2. The van der Waals surface area contributed by atoms with Gasteiger partial charge in [0.25, 0.3) is 17.1 Å². The van der Waals surface area contributed by atoms with Gasteiger partial charge in [-0.25, -0.2) is 4.72 Å². The van der Waals surface area contributed by atoms with Crippen molar-refractivity contribution in [1.82, 2.24) is 23.7 Å². The van der Waals surface area contributed by atoms with Gasteiger partial charge in [-0.3, -0.25) is 24.0 Å². The number of nitrogens with zero attached hydrogens (tertiary/aromatic N) is 4. The van der Waals surface area contributed by atoms with E-state index in [2.05, 4.69) is 5.10 Å². The normalized spacial score (nSPS) is 17.6. The third kappa shape index (κ3) is 6.29. The third-order valence-electron chi connectivity index (χ3n) is 6.55. The Morgan fingerprint density at radius 3 is 2.50 bits per heavy atom. The van der Waals surface area contributed by atoms with Crippen LogP contribution in [0.3, 0.4) is 0 Å². The highest BCUT2D eigenvalue weighted by Crippen LogP contribution is 2.36. The van der Waals surface area contributed by atoms with Crippen molar-refractivity contribution >= 4 is 79.2 Å². The van der Waals surface area contributed by atoms with Gasteiger partial charge >= 0.3 is 16.4 Å². The van der Waals surface area contributed by atoms with Crippen LogP contribution in [0, 0.1) is 0 Å². The van der Waals surface area contributed by atoms with Crippen LogP contribution in [0.15, 0.2) is 41.3 Å². The molecule has 3 heterocycles. The number of imide groups is 1. The summed E-state index contributed by atoms with van der Waals surface area (Å²) in [5, 5.41) is 3.74. The van der Waals surface area contributed by atoms with Gasteiger partial charge in [-0.1, -0.05) is 35.3 Å². The van der Waals surface area contributed by atoms with Crippen LogP contribution in [0.2, 0.25) is 10.2 Å². The first kappa shape index (κ1) is 30.4. The summed E-state index contributed by atoms with van der Waals surface area (Å²) in [7, 11) is -4.07. The minimum atomic E-state index is -4.63. The van der Waals surface area contributed by atoms with Crippen LogP contribution in [-0.4, -0.2) is 64.1 Å². The topological polar surface area (TPSA) is 122 Å². The monoisotopic (exact) mass is 661 g/mol. The number of carbonyl (C=O) groups is 3. The van der Waals surface area contributed by atoms with Crippen molar-refractivity contribution in [2.24, 2.45) is 0 Å². The summed E-state index contributed by atoms with van der Waals surface area (Å²) >= 11 is 12.6. The molecule has 0 aliphatic carbocycles. The molecule has 3 amide bonds. The van der Waals surface area contributed by atoms with Gasteiger partial charge in [-0.2, -0.15) is 31.0 Å². The summed E-state index contributed by atoms with van der Waals surface area (Å²) in [6.45, 7) is -0.480. The lowest BCUT2D eigenvalue weighted by atomic mass is 10.1. The van der Waals surface area contributed by atoms with E-state index in [0.29, 0.717) is 46.0 Å². The van der Waals surface area contributed by atoms with Crippen molar-refractivity contribution in [3.63, 3.8) is 0 Å². The number of nitrogens with one attached hydrogen (secondary N) is 1. The summed E-state index contributed by atoms with van der Waals surface area (Å²) in [6, 6.07) is 8.12. The molecule has 2 aromatic carbocycles. The Balaban J connectivity index is 1.34. The highest BCUT2D eigenvalue weighted by Gasteiger charge is 2.38. The number of aromatic nitrogens is 2. The second kappa shape index (κ2) is 11.5. The smallest absolute Gasteiger partial charge is 0.272 e. The molecule has 0 bridgehead atoms. The fourth-order valence-electron chi connectivity index (χ4n) is 4.58. The summed E-state index contributed by atoms with van der Waals surface area (Å²) in [6.07, 6.45) is -1.91. The number of fused-ring (bicyclic) bond motifs is 1. The molecule has 2 aliphatic rings. The molecule has 0 atom stereocenters. The van der Waals surface area contributed by atoms with Gasteiger partial charge in [0.1, 0.15) is 6.54 Å². The van der Waals surface area contributed by atoms with Gasteiger partial charge in [0.15, 0.2) is 5.15 Å². The maximum Gasteiger partial charge on any atom is 0.416 e. The average Bonchev–Trinajstić information content (AvgIpc) is 3.61. The summed E-state index contributed by atoms with van der Waals surface area (Å²) in [5.74, 6) is -1.82. The summed E-state index contributed by atoms with van der Waals surface area (Å²) in [4.78, 5) is 38.3. The molecule has 1 aromatic heterocycles. The number of amides is 3. The molecule has 0 unspecified atom stereocenters. The van der Waals surface area contributed by atoms with Crippen molar-refractivity contribution in [1.29, 1.82) is 0 Å². The van der Waals surface area contributed by atoms with Crippen LogP contribution in [0.5, 0.6) is 0 Å². The minimum Gasteiger partial charge on any atom is -0.272 e. The molecule has 42 heavy (non-hydrogen) atoms. The largest absolute Gasteiger partial charge is 0.416 e. The van der Waals surface area contributed by atoms with Gasteiger partial charge in [0, 0.05) is 23.5 Å². The quantitative estimate of drug-likeness (QED) is 0.357. The lowest BCUT2D eigenvalue weighted by Gasteiger charge is -2.17. The number of rotatable bonds is 7. The zero-order chi connectivity index (χ0) is 30.4. The van der Waals surface area contributed by atoms with E-state index in [1.165, 1.54) is 22.9 Å². The molecule has 0 spiro atoms. The molecule has 3 aromatic rings. The molecule has 2 saturated heterocycles. The van der Waals surface area contributed by atoms with Crippen LogP contribution in [0.4, 0.5) is 18.0 Å². The Labute approximate surface area is 251 Å². The predicted octanol–water partition coefficient (Wildman–Crippen LogP) is 4.90. The number of halogens is 5. The molecule has 0 saturated carbocycles. The number of hydrogen-bond donors (Lipinski definition) is 1. The third-order valence-corrected chi connectivity index (χ3v) is 9.50. The second-order valence-electron chi connectivity index (χ2n) is 9.43. The van der Waals surface area contributed by atoms with E-state index in [-0.39, 0.29) is 40.3 Å². The van der Waals surface area contributed by atoms with Gasteiger partial charge in [-0.05, 0) is 66.1 Å². The van der Waals surface area contributed by atoms with E-state index < -0.39 is 45.5 Å². The fourth-order valence-corrected chi connectivity index (χ4v) is 7.05. The summed E-state index contributed by atoms with van der Waals surface area (Å²) in [5.41, 5.74) is -0.116. The first-order valence-electron chi connectivity index (χ1n) is 12.3. The van der Waals surface area contributed by atoms with E-state index in [0.717, 1.165) is 10.4 Å². The standard InChI is InChI=1S/C25H20Cl2F3N5O5S2/c26-16-5-4-15(18(11-16)25(28,29)30)12-35-19-6-3-14(9-17(19)22(27)31-35)10-20-23(37)34(24(38)41-20)13-21(36)32-42(39,40)33-7-1-2-8-33/h3-6,9-11H,1-2,7-8,12-13H2,(H,32,36).